The Morgan fingerprint density at radius 2 is 1.55 bits per heavy atom. The van der Waals surface area contributed by atoms with E-state index in [0.717, 1.165) is 38.6 Å². The predicted octanol–water partition coefficient (Wildman–Crippen LogP) is 8.17. The lowest BCUT2D eigenvalue weighted by Gasteiger charge is -2.73. The van der Waals surface area contributed by atoms with Gasteiger partial charge in [0.1, 0.15) is 6.10 Å². The second-order valence-electron chi connectivity index (χ2n) is 18.2. The molecule has 10 atom stereocenters. The number of rotatable bonds is 7. The van der Waals surface area contributed by atoms with Crippen molar-refractivity contribution in [2.75, 3.05) is 25.6 Å². The van der Waals surface area contributed by atoms with Gasteiger partial charge in [0, 0.05) is 56.6 Å². The molecule has 6 rings (SSSR count). The first kappa shape index (κ1) is 34.5. The van der Waals surface area contributed by atoms with E-state index < -0.39 is 0 Å². The van der Waals surface area contributed by atoms with E-state index in [1.807, 2.05) is 0 Å². The summed E-state index contributed by atoms with van der Waals surface area (Å²) in [4.78, 5) is 26.4. The van der Waals surface area contributed by atoms with Crippen LogP contribution in [0, 0.1) is 56.7 Å². The van der Waals surface area contributed by atoms with E-state index in [1.54, 1.807) is 13.8 Å². The van der Waals surface area contributed by atoms with Gasteiger partial charge in [0.2, 0.25) is 0 Å². The van der Waals surface area contributed by atoms with Crippen molar-refractivity contribution in [1.82, 2.24) is 0 Å². The number of aromatic nitrogens is 1. The van der Waals surface area contributed by atoms with E-state index in [1.165, 1.54) is 43.4 Å². The molecular weight excluding hydrogens is 584 g/mol. The van der Waals surface area contributed by atoms with Gasteiger partial charge in [0.15, 0.2) is 18.9 Å². The highest BCUT2D eigenvalue weighted by Gasteiger charge is 2.71. The fraction of sp³-hybridized carbons (Fsp3) is 0.780. The largest absolute Gasteiger partial charge is 0.465 e. The number of ether oxygens (including phenoxy) is 2. The van der Waals surface area contributed by atoms with E-state index in [4.69, 9.17) is 16.1 Å². The highest BCUT2D eigenvalue weighted by atomic mass is 16.5. The Bertz CT molecular complexity index is 1390. The fourth-order valence-corrected chi connectivity index (χ4v) is 13.3. The highest BCUT2D eigenvalue weighted by Crippen LogP contribution is 2.77. The van der Waals surface area contributed by atoms with E-state index in [-0.39, 0.29) is 45.1 Å². The van der Waals surface area contributed by atoms with Gasteiger partial charge >= 0.3 is 11.9 Å². The Morgan fingerprint density at radius 3 is 2.19 bits per heavy atom. The molecule has 0 aliphatic heterocycles. The van der Waals surface area contributed by atoms with Gasteiger partial charge < -0.3 is 14.4 Å². The maximum absolute atomic E-state index is 12.2. The quantitative estimate of drug-likeness (QED) is 0.170. The maximum Gasteiger partial charge on any atom is 0.302 e. The smallest absolute Gasteiger partial charge is 0.302 e. The van der Waals surface area contributed by atoms with Crippen LogP contribution in [-0.2, 0) is 25.6 Å². The van der Waals surface area contributed by atoms with Crippen LogP contribution in [0.5, 0.6) is 0 Å². The molecule has 1 aromatic rings. The number of anilines is 1. The van der Waals surface area contributed by atoms with E-state index in [0.29, 0.717) is 36.2 Å². The Hall–Kier alpha value is -2.37. The van der Waals surface area contributed by atoms with Gasteiger partial charge in [-0.2, -0.15) is 0 Å². The molecule has 0 radical (unpaired) electrons. The number of fused-ring (bicyclic) bond motifs is 7. The standard InChI is InChI=1S/C41H63N2O4/c1-27(25-43-23-16-30(17-24-43)42(9)10)31-13-20-41(26-46-28(2)44)22-21-39(7)32(36(31)41)11-12-34-38(6)18-15-35(47-29(3)45)37(4,5)33(38)14-19-40(34,39)8/h16-17,23-24,31-36H,1,11-15,18-22,25-26H2,2-10H3/q+1/t31?,32?,33?,34?,35-,36?,38+,39-,40-,41-/m1/s1. The summed E-state index contributed by atoms with van der Waals surface area (Å²) < 4.78 is 14.2. The van der Waals surface area contributed by atoms with Crippen LogP contribution in [0.25, 0.3) is 0 Å². The third kappa shape index (κ3) is 5.37. The van der Waals surface area contributed by atoms with Crippen molar-refractivity contribution in [2.45, 2.75) is 125 Å². The topological polar surface area (TPSA) is 59.7 Å². The molecule has 1 aromatic heterocycles. The number of hydrogen-bond acceptors (Lipinski definition) is 5. The second kappa shape index (κ2) is 11.9. The van der Waals surface area contributed by atoms with Crippen molar-refractivity contribution < 1.29 is 23.6 Å². The Morgan fingerprint density at radius 1 is 0.851 bits per heavy atom. The summed E-state index contributed by atoms with van der Waals surface area (Å²) in [5.41, 5.74) is 3.24. The molecule has 5 unspecified atom stereocenters. The third-order valence-electron chi connectivity index (χ3n) is 15.7. The molecule has 5 saturated carbocycles. The summed E-state index contributed by atoms with van der Waals surface area (Å²) in [6, 6.07) is 4.37. The zero-order chi connectivity index (χ0) is 34.2. The van der Waals surface area contributed by atoms with Gasteiger partial charge in [0.25, 0.3) is 0 Å². The summed E-state index contributed by atoms with van der Waals surface area (Å²) in [5.74, 6) is 2.41. The number of esters is 2. The van der Waals surface area contributed by atoms with Gasteiger partial charge in [0.05, 0.1) is 6.61 Å². The Kier molecular flexibility index (Phi) is 8.73. The molecule has 0 bridgehead atoms. The molecule has 1 heterocycles. The number of hydrogen-bond donors (Lipinski definition) is 0. The molecule has 0 saturated heterocycles. The van der Waals surface area contributed by atoms with Crippen molar-refractivity contribution in [3.63, 3.8) is 0 Å². The normalized spacial score (nSPS) is 41.8. The van der Waals surface area contributed by atoms with Crippen LogP contribution in [-0.4, -0.2) is 38.7 Å². The number of carbonyl (C=O) groups is 2. The summed E-state index contributed by atoms with van der Waals surface area (Å²) >= 11 is 0. The average molecular weight is 648 g/mol. The Balaban J connectivity index is 1.31. The minimum atomic E-state index is -0.154. The molecule has 5 aliphatic carbocycles. The summed E-state index contributed by atoms with van der Waals surface area (Å²) in [6.45, 7) is 22.0. The minimum Gasteiger partial charge on any atom is -0.465 e. The van der Waals surface area contributed by atoms with Crippen LogP contribution in [0.3, 0.4) is 0 Å². The molecule has 6 heteroatoms. The number of pyridine rings is 1. The first-order valence-corrected chi connectivity index (χ1v) is 18.6. The van der Waals surface area contributed by atoms with Crippen LogP contribution >= 0.6 is 0 Å². The highest BCUT2D eigenvalue weighted by molar-refractivity contribution is 5.66. The van der Waals surface area contributed by atoms with Crippen molar-refractivity contribution in [3.05, 3.63) is 36.7 Å². The van der Waals surface area contributed by atoms with Crippen molar-refractivity contribution in [2.24, 2.45) is 56.7 Å². The zero-order valence-corrected chi connectivity index (χ0v) is 31.0. The third-order valence-corrected chi connectivity index (χ3v) is 15.7. The number of carbonyl (C=O) groups excluding carboxylic acids is 2. The second-order valence-corrected chi connectivity index (χ2v) is 18.2. The van der Waals surface area contributed by atoms with Gasteiger partial charge in [-0.1, -0.05) is 41.2 Å². The van der Waals surface area contributed by atoms with E-state index in [9.17, 15) is 9.59 Å². The van der Waals surface area contributed by atoms with Crippen LogP contribution < -0.4 is 9.47 Å². The molecule has 260 valence electrons. The molecule has 6 nitrogen and oxygen atoms in total. The SMILES string of the molecule is C=C(C[n+]1ccc(N(C)C)cc1)C1CC[C@]2(COC(C)=O)CC[C@]3(C)C(CCC4[C@@]5(C)CC[C@@H](OC(C)=O)C(C)(C)C5CC[C@]43C)C12. The van der Waals surface area contributed by atoms with Crippen LogP contribution in [0.2, 0.25) is 0 Å². The molecule has 5 fully saturated rings. The summed E-state index contributed by atoms with van der Waals surface area (Å²) in [5, 5.41) is 0. The molecule has 47 heavy (non-hydrogen) atoms. The minimum absolute atomic E-state index is 0.00754. The van der Waals surface area contributed by atoms with E-state index in [2.05, 4.69) is 82.7 Å². The lowest BCUT2D eigenvalue weighted by molar-refractivity contribution is -0.689. The molecule has 0 aromatic carbocycles. The number of allylic oxidation sites excluding steroid dienone is 1. The van der Waals surface area contributed by atoms with Crippen LogP contribution in [0.4, 0.5) is 5.69 Å². The molecule has 0 spiro atoms. The predicted molar refractivity (Wildman–Crippen MR) is 186 cm³/mol. The van der Waals surface area contributed by atoms with Crippen molar-refractivity contribution >= 4 is 17.6 Å². The average Bonchev–Trinajstić information content (AvgIpc) is 3.38. The van der Waals surface area contributed by atoms with Gasteiger partial charge in [-0.25, -0.2) is 4.57 Å². The Labute approximate surface area is 285 Å². The fourth-order valence-electron chi connectivity index (χ4n) is 13.3. The molecule has 0 N–H and O–H groups in total. The molecule has 5 aliphatic rings. The van der Waals surface area contributed by atoms with Gasteiger partial charge in [-0.3, -0.25) is 9.59 Å². The van der Waals surface area contributed by atoms with Gasteiger partial charge in [-0.15, -0.1) is 0 Å². The zero-order valence-electron chi connectivity index (χ0n) is 31.0. The summed E-state index contributed by atoms with van der Waals surface area (Å²) in [7, 11) is 4.16. The van der Waals surface area contributed by atoms with Gasteiger partial charge in [-0.05, 0) is 116 Å². The van der Waals surface area contributed by atoms with E-state index >= 15 is 0 Å². The van der Waals surface area contributed by atoms with Crippen LogP contribution in [0.1, 0.15) is 113 Å². The van der Waals surface area contributed by atoms with Crippen molar-refractivity contribution in [3.8, 4) is 0 Å². The monoisotopic (exact) mass is 647 g/mol. The lowest BCUT2D eigenvalue weighted by atomic mass is 9.32. The molecular formula is C41H63N2O4+. The van der Waals surface area contributed by atoms with Crippen molar-refractivity contribution in [1.29, 1.82) is 0 Å². The number of nitrogens with zero attached hydrogens (tertiary/aromatic N) is 2. The van der Waals surface area contributed by atoms with Crippen LogP contribution in [0.15, 0.2) is 36.7 Å². The first-order valence-electron chi connectivity index (χ1n) is 18.6. The first-order chi connectivity index (χ1) is 22.0. The summed E-state index contributed by atoms with van der Waals surface area (Å²) in [6.07, 6.45) is 16.1. The molecule has 0 amide bonds. The lowest BCUT2D eigenvalue weighted by Crippen LogP contribution is -2.67. The maximum atomic E-state index is 12.2.